The molecule has 4 rings (SSSR count). The van der Waals surface area contributed by atoms with Crippen LogP contribution in [0, 0.1) is 17.1 Å². The van der Waals surface area contributed by atoms with Crippen molar-refractivity contribution in [3.63, 3.8) is 0 Å². The maximum atomic E-state index is 14.1. The summed E-state index contributed by atoms with van der Waals surface area (Å²) >= 11 is 0. The summed E-state index contributed by atoms with van der Waals surface area (Å²) in [5.74, 6) is -3.18. The zero-order valence-corrected chi connectivity index (χ0v) is 20.1. The van der Waals surface area contributed by atoms with Crippen LogP contribution in [-0.2, 0) is 12.7 Å². The predicted molar refractivity (Wildman–Crippen MR) is 130 cm³/mol. The third kappa shape index (κ3) is 5.17. The Morgan fingerprint density at radius 1 is 1.13 bits per heavy atom. The Hall–Kier alpha value is -4.79. The molecule has 0 bridgehead atoms. The molecule has 4 aromatic rings. The molecule has 0 fully saturated rings. The van der Waals surface area contributed by atoms with E-state index in [1.54, 1.807) is 26.0 Å². The Kier molecular flexibility index (Phi) is 6.87. The van der Waals surface area contributed by atoms with Crippen LogP contribution in [0.3, 0.4) is 0 Å². The Balaban J connectivity index is 1.83. The maximum absolute atomic E-state index is 14.1. The Bertz CT molecular complexity index is 1600. The molecule has 0 spiro atoms. The third-order valence-electron chi connectivity index (χ3n) is 5.73. The van der Waals surface area contributed by atoms with E-state index < -0.39 is 41.1 Å². The molecule has 0 aliphatic heterocycles. The minimum Gasteiger partial charge on any atom is -0.364 e. The number of pyridine rings is 1. The fourth-order valence-electron chi connectivity index (χ4n) is 4.06. The average Bonchev–Trinajstić information content (AvgIpc) is 3.21. The van der Waals surface area contributed by atoms with Crippen molar-refractivity contribution >= 4 is 28.4 Å². The van der Waals surface area contributed by atoms with Crippen LogP contribution in [0.25, 0.3) is 10.9 Å². The van der Waals surface area contributed by atoms with Crippen molar-refractivity contribution in [2.24, 2.45) is 5.73 Å². The lowest BCUT2D eigenvalue weighted by Crippen LogP contribution is -2.20. The number of nitriles is 1. The van der Waals surface area contributed by atoms with Crippen LogP contribution in [0.5, 0.6) is 0 Å². The number of hydrogen-bond acceptors (Lipinski definition) is 5. The first-order valence-electron chi connectivity index (χ1n) is 11.3. The van der Waals surface area contributed by atoms with Gasteiger partial charge in [-0.1, -0.05) is 26.0 Å². The smallest absolute Gasteiger partial charge is 0.364 e. The number of fused-ring (bicyclic) bond motifs is 1. The van der Waals surface area contributed by atoms with E-state index in [4.69, 9.17) is 11.0 Å². The third-order valence-corrected chi connectivity index (χ3v) is 5.73. The van der Waals surface area contributed by atoms with E-state index >= 15 is 0 Å². The fraction of sp³-hybridized carbons (Fsp3) is 0.192. The van der Waals surface area contributed by atoms with Gasteiger partial charge in [-0.3, -0.25) is 14.3 Å². The van der Waals surface area contributed by atoms with Crippen molar-refractivity contribution in [3.05, 3.63) is 88.1 Å². The fourth-order valence-corrected chi connectivity index (χ4v) is 4.06. The molecular weight excluding hydrogens is 504 g/mol. The molecule has 0 aliphatic rings. The Labute approximate surface area is 213 Å². The highest BCUT2D eigenvalue weighted by Crippen LogP contribution is 2.39. The lowest BCUT2D eigenvalue weighted by molar-refractivity contribution is -0.140. The van der Waals surface area contributed by atoms with E-state index in [1.165, 1.54) is 18.2 Å². The van der Waals surface area contributed by atoms with Gasteiger partial charge in [0.25, 0.3) is 11.8 Å². The minimum atomic E-state index is -4.91. The van der Waals surface area contributed by atoms with Gasteiger partial charge in [-0.25, -0.2) is 9.37 Å². The zero-order valence-electron chi connectivity index (χ0n) is 20.1. The molecule has 8 nitrogen and oxygen atoms in total. The highest BCUT2D eigenvalue weighted by molar-refractivity contribution is 6.14. The highest BCUT2D eigenvalue weighted by atomic mass is 19.4. The van der Waals surface area contributed by atoms with Gasteiger partial charge in [0.1, 0.15) is 11.5 Å². The molecule has 0 saturated carbocycles. The molecule has 0 aliphatic carbocycles. The quantitative estimate of drug-likeness (QED) is 0.344. The lowest BCUT2D eigenvalue weighted by atomic mass is 10.0. The number of nitrogens with two attached hydrogens (primary N) is 1. The van der Waals surface area contributed by atoms with Gasteiger partial charge in [-0.15, -0.1) is 0 Å². The van der Waals surface area contributed by atoms with Crippen LogP contribution in [0.2, 0.25) is 0 Å². The van der Waals surface area contributed by atoms with E-state index in [2.05, 4.69) is 15.4 Å². The van der Waals surface area contributed by atoms with Gasteiger partial charge in [0, 0.05) is 11.5 Å². The van der Waals surface area contributed by atoms with E-state index in [9.17, 15) is 27.2 Å². The molecule has 0 radical (unpaired) electrons. The van der Waals surface area contributed by atoms with Gasteiger partial charge in [0.05, 0.1) is 40.6 Å². The molecule has 2 heterocycles. The summed E-state index contributed by atoms with van der Waals surface area (Å²) < 4.78 is 57.2. The molecule has 3 N–H and O–H groups in total. The summed E-state index contributed by atoms with van der Waals surface area (Å²) in [5, 5.41) is 15.2. The van der Waals surface area contributed by atoms with Crippen molar-refractivity contribution < 1.29 is 27.2 Å². The summed E-state index contributed by atoms with van der Waals surface area (Å²) in [5.41, 5.74) is 3.90. The first-order chi connectivity index (χ1) is 17.9. The number of nitrogens with one attached hydrogen (secondary N) is 1. The molecule has 2 aromatic carbocycles. The van der Waals surface area contributed by atoms with Gasteiger partial charge in [0.2, 0.25) is 0 Å². The topological polar surface area (TPSA) is 127 Å². The van der Waals surface area contributed by atoms with Gasteiger partial charge < -0.3 is 11.1 Å². The molecule has 194 valence electrons. The van der Waals surface area contributed by atoms with Crippen molar-refractivity contribution in [2.75, 3.05) is 5.32 Å². The van der Waals surface area contributed by atoms with Crippen molar-refractivity contribution in [1.82, 2.24) is 14.8 Å². The Morgan fingerprint density at radius 2 is 1.82 bits per heavy atom. The second-order valence-corrected chi connectivity index (χ2v) is 8.76. The number of primary amides is 1. The monoisotopic (exact) mass is 524 g/mol. The number of carbonyl (C=O) groups is 2. The van der Waals surface area contributed by atoms with Gasteiger partial charge >= 0.3 is 6.18 Å². The van der Waals surface area contributed by atoms with Gasteiger partial charge in [0.15, 0.2) is 5.69 Å². The summed E-state index contributed by atoms with van der Waals surface area (Å²) in [6.07, 6.45) is -4.91. The Morgan fingerprint density at radius 3 is 2.39 bits per heavy atom. The standard InChI is InChI=1S/C26H20F4N6O2/c1-13(2)22-21(23(26(28,29)30)35-36(22)12-15-5-3-14(11-31)4-6-15)34-25(38)18-10-20(24(32)37)33-19-9-16(27)7-8-17(18)19/h3-10,13H,12H2,1-2H3,(H2,32,37)(H,34,38). The number of amides is 2. The zero-order chi connectivity index (χ0) is 27.8. The highest BCUT2D eigenvalue weighted by Gasteiger charge is 2.40. The number of rotatable bonds is 6. The molecule has 0 atom stereocenters. The molecule has 0 saturated heterocycles. The number of carbonyl (C=O) groups excluding carboxylic acids is 2. The van der Waals surface area contributed by atoms with Crippen LogP contribution in [0.15, 0.2) is 48.5 Å². The SMILES string of the molecule is CC(C)c1c(NC(=O)c2cc(C(N)=O)nc3cc(F)ccc23)c(C(F)(F)F)nn1Cc1ccc(C#N)cc1. The molecule has 38 heavy (non-hydrogen) atoms. The van der Waals surface area contributed by atoms with Gasteiger partial charge in [-0.05, 0) is 41.8 Å². The first kappa shape index (κ1) is 26.3. The minimum absolute atomic E-state index is 0.0541. The molecule has 2 amide bonds. The van der Waals surface area contributed by atoms with Crippen LogP contribution >= 0.6 is 0 Å². The van der Waals surface area contributed by atoms with Crippen LogP contribution in [0.1, 0.15) is 63.1 Å². The number of nitrogens with zero attached hydrogens (tertiary/aromatic N) is 4. The largest absolute Gasteiger partial charge is 0.437 e. The van der Waals surface area contributed by atoms with Crippen LogP contribution < -0.4 is 11.1 Å². The van der Waals surface area contributed by atoms with Crippen molar-refractivity contribution in [3.8, 4) is 6.07 Å². The van der Waals surface area contributed by atoms with E-state index in [0.29, 0.717) is 11.1 Å². The summed E-state index contributed by atoms with van der Waals surface area (Å²) in [4.78, 5) is 29.1. The number of anilines is 1. The first-order valence-corrected chi connectivity index (χ1v) is 11.3. The number of benzene rings is 2. The summed E-state index contributed by atoms with van der Waals surface area (Å²) in [6.45, 7) is 3.25. The number of halogens is 4. The van der Waals surface area contributed by atoms with Crippen molar-refractivity contribution in [2.45, 2.75) is 32.5 Å². The van der Waals surface area contributed by atoms with E-state index in [-0.39, 0.29) is 34.4 Å². The normalized spacial score (nSPS) is 11.5. The van der Waals surface area contributed by atoms with E-state index in [1.807, 2.05) is 6.07 Å². The van der Waals surface area contributed by atoms with E-state index in [0.717, 1.165) is 22.9 Å². The summed E-state index contributed by atoms with van der Waals surface area (Å²) in [6, 6.07) is 12.6. The summed E-state index contributed by atoms with van der Waals surface area (Å²) in [7, 11) is 0. The number of aromatic nitrogens is 3. The molecule has 12 heteroatoms. The van der Waals surface area contributed by atoms with Gasteiger partial charge in [-0.2, -0.15) is 23.5 Å². The average molecular weight is 524 g/mol. The second kappa shape index (κ2) is 9.93. The number of hydrogen-bond donors (Lipinski definition) is 2. The molecular formula is C26H20F4N6O2. The second-order valence-electron chi connectivity index (χ2n) is 8.76. The molecule has 2 aromatic heterocycles. The van der Waals surface area contributed by atoms with Crippen LogP contribution in [0.4, 0.5) is 23.2 Å². The van der Waals surface area contributed by atoms with Crippen LogP contribution in [-0.4, -0.2) is 26.6 Å². The van der Waals surface area contributed by atoms with Crippen molar-refractivity contribution in [1.29, 1.82) is 5.26 Å². The lowest BCUT2D eigenvalue weighted by Gasteiger charge is -2.15. The molecule has 0 unspecified atom stereocenters. The maximum Gasteiger partial charge on any atom is 0.437 e. The predicted octanol–water partition coefficient (Wildman–Crippen LogP) is 4.98. The number of alkyl halides is 3.